The summed E-state index contributed by atoms with van der Waals surface area (Å²) in [6, 6.07) is 13.8. The molecule has 0 unspecified atom stereocenters. The first-order chi connectivity index (χ1) is 12.7. The first-order valence-corrected chi connectivity index (χ1v) is 10.5. The summed E-state index contributed by atoms with van der Waals surface area (Å²) < 4.78 is 6.87. The molecule has 2 heterocycles. The molecule has 0 aliphatic rings. The SMILES string of the molecule is C/C(=N/NC(=O)CSc1nnc(SCc2ccccc2)s1)c1ccco1. The Morgan fingerprint density at radius 1 is 1.15 bits per heavy atom. The molecule has 3 aromatic rings. The number of nitrogens with one attached hydrogen (secondary N) is 1. The normalized spacial score (nSPS) is 11.5. The highest BCUT2D eigenvalue weighted by Crippen LogP contribution is 2.30. The number of carbonyl (C=O) groups is 1. The van der Waals surface area contributed by atoms with E-state index < -0.39 is 0 Å². The van der Waals surface area contributed by atoms with Gasteiger partial charge < -0.3 is 4.42 Å². The van der Waals surface area contributed by atoms with Crippen LogP contribution in [-0.2, 0) is 10.5 Å². The number of amides is 1. The van der Waals surface area contributed by atoms with Gasteiger partial charge in [-0.25, -0.2) is 5.43 Å². The zero-order valence-corrected chi connectivity index (χ0v) is 16.4. The van der Waals surface area contributed by atoms with E-state index in [2.05, 4.69) is 32.9 Å². The Kier molecular flexibility index (Phi) is 6.87. The van der Waals surface area contributed by atoms with Gasteiger partial charge in [-0.2, -0.15) is 5.10 Å². The van der Waals surface area contributed by atoms with Gasteiger partial charge in [0.15, 0.2) is 8.68 Å². The average Bonchev–Trinajstić information content (AvgIpc) is 3.35. The second kappa shape index (κ2) is 9.56. The van der Waals surface area contributed by atoms with Crippen LogP contribution < -0.4 is 5.43 Å². The summed E-state index contributed by atoms with van der Waals surface area (Å²) in [4.78, 5) is 11.9. The van der Waals surface area contributed by atoms with E-state index in [1.54, 1.807) is 37.1 Å². The molecule has 0 spiro atoms. The lowest BCUT2D eigenvalue weighted by molar-refractivity contribution is -0.118. The van der Waals surface area contributed by atoms with Gasteiger partial charge in [-0.3, -0.25) is 4.79 Å². The van der Waals surface area contributed by atoms with Crippen molar-refractivity contribution in [1.82, 2.24) is 15.6 Å². The molecule has 26 heavy (non-hydrogen) atoms. The Balaban J connectivity index is 1.42. The van der Waals surface area contributed by atoms with E-state index >= 15 is 0 Å². The van der Waals surface area contributed by atoms with Gasteiger partial charge in [-0.15, -0.1) is 10.2 Å². The zero-order valence-electron chi connectivity index (χ0n) is 13.9. The van der Waals surface area contributed by atoms with E-state index in [-0.39, 0.29) is 11.7 Å². The molecule has 1 aromatic carbocycles. The highest BCUT2D eigenvalue weighted by molar-refractivity contribution is 8.03. The van der Waals surface area contributed by atoms with Crippen LogP contribution in [0.4, 0.5) is 0 Å². The molecule has 0 saturated carbocycles. The lowest BCUT2D eigenvalue weighted by Gasteiger charge is -1.99. The largest absolute Gasteiger partial charge is 0.463 e. The van der Waals surface area contributed by atoms with Gasteiger partial charge in [0.25, 0.3) is 5.91 Å². The minimum Gasteiger partial charge on any atom is -0.463 e. The molecule has 0 aliphatic carbocycles. The van der Waals surface area contributed by atoms with Crippen molar-refractivity contribution in [1.29, 1.82) is 0 Å². The lowest BCUT2D eigenvalue weighted by Crippen LogP contribution is -2.21. The maximum absolute atomic E-state index is 11.9. The van der Waals surface area contributed by atoms with Crippen LogP contribution in [0.15, 0.2) is 66.9 Å². The molecule has 3 rings (SSSR count). The fourth-order valence-electron chi connectivity index (χ4n) is 1.88. The van der Waals surface area contributed by atoms with Crippen molar-refractivity contribution in [3.63, 3.8) is 0 Å². The fraction of sp³-hybridized carbons (Fsp3) is 0.176. The van der Waals surface area contributed by atoms with Crippen molar-refractivity contribution in [2.45, 2.75) is 21.4 Å². The number of aromatic nitrogens is 2. The topological polar surface area (TPSA) is 80.4 Å². The van der Waals surface area contributed by atoms with E-state index in [0.29, 0.717) is 11.5 Å². The maximum Gasteiger partial charge on any atom is 0.250 e. The number of benzene rings is 1. The van der Waals surface area contributed by atoms with Crippen LogP contribution >= 0.6 is 34.9 Å². The van der Waals surface area contributed by atoms with Crippen molar-refractivity contribution in [2.24, 2.45) is 5.10 Å². The minimum absolute atomic E-state index is 0.199. The molecule has 9 heteroatoms. The zero-order chi connectivity index (χ0) is 18.2. The Bertz CT molecular complexity index is 863. The number of rotatable bonds is 8. The first kappa shape index (κ1) is 18.7. The Labute approximate surface area is 163 Å². The highest BCUT2D eigenvalue weighted by Gasteiger charge is 2.09. The number of thioether (sulfide) groups is 2. The Morgan fingerprint density at radius 2 is 1.92 bits per heavy atom. The van der Waals surface area contributed by atoms with Crippen LogP contribution in [0.1, 0.15) is 18.2 Å². The van der Waals surface area contributed by atoms with Crippen LogP contribution in [0.25, 0.3) is 0 Å². The Morgan fingerprint density at radius 3 is 2.65 bits per heavy atom. The number of hydrazone groups is 1. The molecule has 0 radical (unpaired) electrons. The molecule has 2 aromatic heterocycles. The molecular weight excluding hydrogens is 388 g/mol. The quantitative estimate of drug-likeness (QED) is 0.346. The van der Waals surface area contributed by atoms with Gasteiger partial charge in [-0.1, -0.05) is 65.2 Å². The number of furan rings is 1. The monoisotopic (exact) mass is 404 g/mol. The molecule has 1 N–H and O–H groups in total. The fourth-order valence-corrected chi connectivity index (χ4v) is 4.65. The van der Waals surface area contributed by atoms with Crippen molar-refractivity contribution in [3.05, 3.63) is 60.1 Å². The second-order valence-corrected chi connectivity index (χ2v) is 8.53. The van der Waals surface area contributed by atoms with Crippen molar-refractivity contribution in [2.75, 3.05) is 5.75 Å². The van der Waals surface area contributed by atoms with Crippen molar-refractivity contribution in [3.8, 4) is 0 Å². The second-order valence-electron chi connectivity index (χ2n) is 5.11. The summed E-state index contributed by atoms with van der Waals surface area (Å²) >= 11 is 4.48. The molecule has 134 valence electrons. The number of carbonyl (C=O) groups excluding carboxylic acids is 1. The smallest absolute Gasteiger partial charge is 0.250 e. The van der Waals surface area contributed by atoms with Gasteiger partial charge in [0, 0.05) is 5.75 Å². The third-order valence-corrected chi connectivity index (χ3v) is 6.41. The molecule has 0 atom stereocenters. The van der Waals surface area contributed by atoms with Gasteiger partial charge in [0.1, 0.15) is 11.5 Å². The van der Waals surface area contributed by atoms with Gasteiger partial charge in [0.2, 0.25) is 0 Å². The van der Waals surface area contributed by atoms with Gasteiger partial charge in [0.05, 0.1) is 12.0 Å². The first-order valence-electron chi connectivity index (χ1n) is 7.71. The molecular formula is C17H16N4O2S3. The summed E-state index contributed by atoms with van der Waals surface area (Å²) in [5.74, 6) is 1.51. The van der Waals surface area contributed by atoms with E-state index in [1.165, 1.54) is 28.7 Å². The summed E-state index contributed by atoms with van der Waals surface area (Å²) in [7, 11) is 0. The van der Waals surface area contributed by atoms with Crippen LogP contribution in [0.3, 0.4) is 0 Å². The third kappa shape index (κ3) is 5.72. The molecule has 0 fully saturated rings. The number of nitrogens with zero attached hydrogens (tertiary/aromatic N) is 3. The van der Waals surface area contributed by atoms with Gasteiger partial charge in [-0.05, 0) is 24.6 Å². The average molecular weight is 405 g/mol. The molecule has 0 saturated heterocycles. The van der Waals surface area contributed by atoms with Crippen LogP contribution in [0, 0.1) is 0 Å². The number of hydrogen-bond acceptors (Lipinski definition) is 8. The lowest BCUT2D eigenvalue weighted by atomic mass is 10.2. The molecule has 6 nitrogen and oxygen atoms in total. The predicted molar refractivity (Wildman–Crippen MR) is 106 cm³/mol. The predicted octanol–water partition coefficient (Wildman–Crippen LogP) is 4.06. The van der Waals surface area contributed by atoms with Crippen LogP contribution in [0.2, 0.25) is 0 Å². The summed E-state index contributed by atoms with van der Waals surface area (Å²) in [5.41, 5.74) is 4.37. The van der Waals surface area contributed by atoms with Crippen molar-refractivity contribution < 1.29 is 9.21 Å². The number of hydrogen-bond donors (Lipinski definition) is 1. The third-order valence-electron chi connectivity index (χ3n) is 3.15. The van der Waals surface area contributed by atoms with Crippen LogP contribution in [-0.4, -0.2) is 27.6 Å². The van der Waals surface area contributed by atoms with E-state index in [1.807, 2.05) is 18.2 Å². The van der Waals surface area contributed by atoms with Gasteiger partial charge >= 0.3 is 0 Å². The molecule has 1 amide bonds. The van der Waals surface area contributed by atoms with E-state index in [9.17, 15) is 4.79 Å². The summed E-state index contributed by atoms with van der Waals surface area (Å²) in [6.07, 6.45) is 1.56. The molecule has 0 bridgehead atoms. The Hall–Kier alpha value is -2.10. The van der Waals surface area contributed by atoms with E-state index in [4.69, 9.17) is 4.42 Å². The standard InChI is InChI=1S/C17H16N4O2S3/c1-12(14-8-5-9-23-14)18-19-15(22)11-25-17-21-20-16(26-17)24-10-13-6-3-2-4-7-13/h2-9H,10-11H2,1H3,(H,19,22)/b18-12-. The summed E-state index contributed by atoms with van der Waals surface area (Å²) in [5, 5.41) is 12.3. The summed E-state index contributed by atoms with van der Waals surface area (Å²) in [6.45, 7) is 1.77. The van der Waals surface area contributed by atoms with E-state index in [0.717, 1.165) is 14.4 Å². The van der Waals surface area contributed by atoms with Crippen LogP contribution in [0.5, 0.6) is 0 Å². The minimum atomic E-state index is -0.199. The maximum atomic E-state index is 11.9. The highest BCUT2D eigenvalue weighted by atomic mass is 32.2. The van der Waals surface area contributed by atoms with Crippen molar-refractivity contribution >= 4 is 46.5 Å². The molecule has 0 aliphatic heterocycles.